The highest BCUT2D eigenvalue weighted by Crippen LogP contribution is 2.22. The normalized spacial score (nSPS) is 13.8. The van der Waals surface area contributed by atoms with Crippen LogP contribution in [0.25, 0.3) is 5.70 Å². The van der Waals surface area contributed by atoms with E-state index in [4.69, 9.17) is 0 Å². The van der Waals surface area contributed by atoms with E-state index in [0.717, 1.165) is 10.6 Å². The maximum Gasteiger partial charge on any atom is 0.338 e. The Balaban J connectivity index is 2.23. The minimum absolute atomic E-state index is 0.308. The summed E-state index contributed by atoms with van der Waals surface area (Å²) in [6.07, 6.45) is 5.62. The molecule has 0 fully saturated rings. The zero-order chi connectivity index (χ0) is 10.7. The quantitative estimate of drug-likeness (QED) is 0.744. The van der Waals surface area contributed by atoms with Crippen LogP contribution < -0.4 is 10.9 Å². The summed E-state index contributed by atoms with van der Waals surface area (Å²) in [5.41, 5.74) is 7.39. The highest BCUT2D eigenvalue weighted by Gasteiger charge is 2.11. The van der Waals surface area contributed by atoms with Gasteiger partial charge in [0.05, 0.1) is 23.2 Å². The number of hydrogen-bond acceptors (Lipinski definition) is 5. The number of nitrogens with one attached hydrogen (secondary N) is 2. The van der Waals surface area contributed by atoms with Crippen LogP contribution in [-0.2, 0) is 4.74 Å². The number of methoxy groups -OCH3 is 1. The van der Waals surface area contributed by atoms with Crippen molar-refractivity contribution in [3.05, 3.63) is 40.2 Å². The predicted molar refractivity (Wildman–Crippen MR) is 59.0 cm³/mol. The van der Waals surface area contributed by atoms with Gasteiger partial charge >= 0.3 is 5.97 Å². The van der Waals surface area contributed by atoms with Gasteiger partial charge in [0.25, 0.3) is 0 Å². The van der Waals surface area contributed by atoms with Gasteiger partial charge in [-0.25, -0.2) is 4.79 Å². The third kappa shape index (κ3) is 2.02. The molecule has 5 heteroatoms. The molecule has 1 aliphatic heterocycles. The molecule has 0 saturated heterocycles. The lowest BCUT2D eigenvalue weighted by Crippen LogP contribution is -2.26. The molecular formula is C10H10N2O2S. The second-order valence-corrected chi connectivity index (χ2v) is 3.81. The number of hydrazine groups is 1. The van der Waals surface area contributed by atoms with E-state index in [1.165, 1.54) is 18.4 Å². The maximum absolute atomic E-state index is 11.2. The Morgan fingerprint density at radius 3 is 3.07 bits per heavy atom. The third-order valence-corrected chi connectivity index (χ3v) is 2.90. The van der Waals surface area contributed by atoms with E-state index in [1.807, 2.05) is 12.2 Å². The summed E-state index contributed by atoms with van der Waals surface area (Å²) in [7, 11) is 1.38. The van der Waals surface area contributed by atoms with E-state index in [0.29, 0.717) is 5.56 Å². The average molecular weight is 222 g/mol. The Hall–Kier alpha value is -1.75. The standard InChI is InChI=1S/C10H10N2O2S/c1-14-10(13)7-5-9(15-6-7)8-3-2-4-11-12-8/h2-6,11-12H,1H3. The molecule has 0 radical (unpaired) electrons. The molecule has 0 aromatic carbocycles. The van der Waals surface area contributed by atoms with E-state index in [1.54, 1.807) is 17.6 Å². The van der Waals surface area contributed by atoms with E-state index in [2.05, 4.69) is 15.6 Å². The fourth-order valence-corrected chi connectivity index (χ4v) is 2.06. The number of carbonyl (C=O) groups is 1. The van der Waals surface area contributed by atoms with Gasteiger partial charge in [0.1, 0.15) is 0 Å². The molecule has 0 bridgehead atoms. The minimum Gasteiger partial charge on any atom is -0.465 e. The highest BCUT2D eigenvalue weighted by atomic mass is 32.1. The molecule has 0 saturated carbocycles. The largest absolute Gasteiger partial charge is 0.465 e. The summed E-state index contributed by atoms with van der Waals surface area (Å²) in [5, 5.41) is 1.78. The van der Waals surface area contributed by atoms with Crippen LogP contribution in [0.3, 0.4) is 0 Å². The first kappa shape index (κ1) is 9.79. The van der Waals surface area contributed by atoms with Crippen LogP contribution in [0.2, 0.25) is 0 Å². The molecule has 0 unspecified atom stereocenters. The van der Waals surface area contributed by atoms with E-state index in [9.17, 15) is 4.79 Å². The summed E-state index contributed by atoms with van der Waals surface area (Å²) in [4.78, 5) is 12.2. The summed E-state index contributed by atoms with van der Waals surface area (Å²) in [6.45, 7) is 0. The number of ether oxygens (including phenoxy) is 1. The lowest BCUT2D eigenvalue weighted by atomic mass is 10.2. The lowest BCUT2D eigenvalue weighted by Gasteiger charge is -2.11. The molecule has 2 rings (SSSR count). The molecule has 2 heterocycles. The molecule has 1 aromatic heterocycles. The van der Waals surface area contributed by atoms with E-state index in [-0.39, 0.29) is 5.97 Å². The Morgan fingerprint density at radius 2 is 2.40 bits per heavy atom. The molecule has 0 amide bonds. The first-order valence-corrected chi connectivity index (χ1v) is 5.25. The Morgan fingerprint density at radius 1 is 1.53 bits per heavy atom. The van der Waals surface area contributed by atoms with Crippen molar-refractivity contribution in [2.75, 3.05) is 7.11 Å². The van der Waals surface area contributed by atoms with Gasteiger partial charge in [0.15, 0.2) is 0 Å². The molecule has 15 heavy (non-hydrogen) atoms. The number of carbonyl (C=O) groups excluding carboxylic acids is 1. The fourth-order valence-electron chi connectivity index (χ4n) is 1.20. The topological polar surface area (TPSA) is 50.4 Å². The Labute approximate surface area is 91.2 Å². The van der Waals surface area contributed by atoms with Crippen molar-refractivity contribution in [2.24, 2.45) is 0 Å². The predicted octanol–water partition coefficient (Wildman–Crippen LogP) is 1.50. The average Bonchev–Trinajstić information content (AvgIpc) is 2.78. The van der Waals surface area contributed by atoms with Crippen LogP contribution in [0.4, 0.5) is 0 Å². The molecule has 4 nitrogen and oxygen atoms in total. The highest BCUT2D eigenvalue weighted by molar-refractivity contribution is 7.11. The number of esters is 1. The number of thiophene rings is 1. The molecule has 1 aliphatic rings. The SMILES string of the molecule is COC(=O)c1csc(C2=CC=CNN2)c1. The van der Waals surface area contributed by atoms with E-state index < -0.39 is 0 Å². The molecule has 1 aromatic rings. The van der Waals surface area contributed by atoms with Crippen LogP contribution in [0.1, 0.15) is 15.2 Å². The monoisotopic (exact) mass is 222 g/mol. The van der Waals surface area contributed by atoms with Crippen LogP contribution in [0, 0.1) is 0 Å². The zero-order valence-corrected chi connectivity index (χ0v) is 8.93. The number of rotatable bonds is 2. The number of hydrogen-bond donors (Lipinski definition) is 2. The number of allylic oxidation sites excluding steroid dienone is 2. The van der Waals surface area contributed by atoms with Crippen molar-refractivity contribution in [1.82, 2.24) is 10.9 Å². The first-order valence-electron chi connectivity index (χ1n) is 4.37. The van der Waals surface area contributed by atoms with Crippen LogP contribution in [0.5, 0.6) is 0 Å². The van der Waals surface area contributed by atoms with Crippen molar-refractivity contribution in [3.8, 4) is 0 Å². The van der Waals surface area contributed by atoms with Gasteiger partial charge in [0, 0.05) is 11.6 Å². The van der Waals surface area contributed by atoms with Crippen LogP contribution in [-0.4, -0.2) is 13.1 Å². The Bertz CT molecular complexity index is 434. The van der Waals surface area contributed by atoms with Gasteiger partial charge in [-0.15, -0.1) is 11.3 Å². The summed E-state index contributed by atoms with van der Waals surface area (Å²) < 4.78 is 4.64. The first-order chi connectivity index (χ1) is 7.31. The van der Waals surface area contributed by atoms with Gasteiger partial charge in [0.2, 0.25) is 0 Å². The molecule has 78 valence electrons. The van der Waals surface area contributed by atoms with Crippen molar-refractivity contribution in [2.45, 2.75) is 0 Å². The van der Waals surface area contributed by atoms with E-state index >= 15 is 0 Å². The van der Waals surface area contributed by atoms with Gasteiger partial charge < -0.3 is 15.6 Å². The molecule has 0 spiro atoms. The van der Waals surface area contributed by atoms with Crippen molar-refractivity contribution < 1.29 is 9.53 Å². The van der Waals surface area contributed by atoms with Gasteiger partial charge in [-0.2, -0.15) is 0 Å². The van der Waals surface area contributed by atoms with Crippen molar-refractivity contribution in [3.63, 3.8) is 0 Å². The van der Waals surface area contributed by atoms with Crippen molar-refractivity contribution >= 4 is 23.0 Å². The molecule has 0 aliphatic carbocycles. The maximum atomic E-state index is 11.2. The summed E-state index contributed by atoms with van der Waals surface area (Å²) in [6, 6.07) is 1.80. The second-order valence-electron chi connectivity index (χ2n) is 2.90. The zero-order valence-electron chi connectivity index (χ0n) is 8.11. The third-order valence-electron chi connectivity index (χ3n) is 1.94. The van der Waals surface area contributed by atoms with Gasteiger partial charge in [-0.1, -0.05) is 0 Å². The van der Waals surface area contributed by atoms with Crippen LogP contribution in [0.15, 0.2) is 29.8 Å². The van der Waals surface area contributed by atoms with Gasteiger partial charge in [-0.05, 0) is 18.2 Å². The van der Waals surface area contributed by atoms with Gasteiger partial charge in [-0.3, -0.25) is 0 Å². The molecular weight excluding hydrogens is 212 g/mol. The second kappa shape index (κ2) is 4.18. The fraction of sp³-hybridized carbons (Fsp3) is 0.100. The smallest absolute Gasteiger partial charge is 0.338 e. The Kier molecular flexibility index (Phi) is 2.73. The van der Waals surface area contributed by atoms with Crippen LogP contribution >= 0.6 is 11.3 Å². The van der Waals surface area contributed by atoms with Crippen molar-refractivity contribution in [1.29, 1.82) is 0 Å². The molecule has 2 N–H and O–H groups in total. The molecule has 0 atom stereocenters. The minimum atomic E-state index is -0.308. The summed E-state index contributed by atoms with van der Waals surface area (Å²) >= 11 is 1.49. The lowest BCUT2D eigenvalue weighted by molar-refractivity contribution is 0.0601. The summed E-state index contributed by atoms with van der Waals surface area (Å²) in [5.74, 6) is -0.308.